The molecule has 0 aromatic heterocycles. The van der Waals surface area contributed by atoms with Crippen molar-refractivity contribution >= 4 is 0 Å². The van der Waals surface area contributed by atoms with E-state index in [9.17, 15) is 5.11 Å². The molecule has 2 rings (SSSR count). The number of hydrogen-bond donors (Lipinski definition) is 2. The molecule has 1 heterocycles. The SMILES string of the molecule is C/C=C\C.C=C(CC)C(O)(c1ccccc1)C1CCNCC1. The van der Waals surface area contributed by atoms with Crippen LogP contribution in [0.1, 0.15) is 45.6 Å². The molecule has 0 saturated carbocycles. The number of nitrogens with one attached hydrogen (secondary N) is 1. The first kappa shape index (κ1) is 18.7. The zero-order valence-electron chi connectivity index (χ0n) is 14.3. The van der Waals surface area contributed by atoms with E-state index >= 15 is 0 Å². The maximum atomic E-state index is 11.2. The Bertz CT molecular complexity index is 456. The molecule has 2 N–H and O–H groups in total. The monoisotopic (exact) mass is 301 g/mol. The average molecular weight is 301 g/mol. The molecule has 1 fully saturated rings. The van der Waals surface area contributed by atoms with Crippen LogP contribution in [0.3, 0.4) is 0 Å². The number of hydrogen-bond acceptors (Lipinski definition) is 2. The lowest BCUT2D eigenvalue weighted by Gasteiger charge is -2.40. The summed E-state index contributed by atoms with van der Waals surface area (Å²) >= 11 is 0. The Labute approximate surface area is 136 Å². The zero-order valence-corrected chi connectivity index (χ0v) is 14.3. The minimum absolute atomic E-state index is 0.272. The van der Waals surface area contributed by atoms with Gasteiger partial charge in [0.2, 0.25) is 0 Å². The number of benzene rings is 1. The van der Waals surface area contributed by atoms with Crippen LogP contribution in [0, 0.1) is 5.92 Å². The van der Waals surface area contributed by atoms with Crippen molar-refractivity contribution in [3.8, 4) is 0 Å². The van der Waals surface area contributed by atoms with Crippen LogP contribution in [-0.4, -0.2) is 18.2 Å². The summed E-state index contributed by atoms with van der Waals surface area (Å²) < 4.78 is 0. The predicted octanol–water partition coefficient (Wildman–Crippen LogP) is 4.42. The van der Waals surface area contributed by atoms with Crippen LogP contribution < -0.4 is 5.32 Å². The lowest BCUT2D eigenvalue weighted by molar-refractivity contribution is -0.00344. The first-order valence-electron chi connectivity index (χ1n) is 8.35. The highest BCUT2D eigenvalue weighted by molar-refractivity contribution is 5.33. The molecular weight excluding hydrogens is 270 g/mol. The Kier molecular flexibility index (Phi) is 8.15. The number of allylic oxidation sites excluding steroid dienone is 2. The van der Waals surface area contributed by atoms with E-state index in [0.717, 1.165) is 43.5 Å². The number of rotatable bonds is 4. The third-order valence-electron chi connectivity index (χ3n) is 4.44. The van der Waals surface area contributed by atoms with Crippen LogP contribution in [0.5, 0.6) is 0 Å². The summed E-state index contributed by atoms with van der Waals surface area (Å²) in [6, 6.07) is 10.0. The zero-order chi connectivity index (χ0) is 16.4. The van der Waals surface area contributed by atoms with Crippen molar-refractivity contribution in [1.29, 1.82) is 0 Å². The van der Waals surface area contributed by atoms with Crippen LogP contribution in [-0.2, 0) is 5.60 Å². The van der Waals surface area contributed by atoms with Gasteiger partial charge in [0.1, 0.15) is 5.60 Å². The highest BCUT2D eigenvalue weighted by Gasteiger charge is 2.40. The second kappa shape index (κ2) is 9.60. The molecule has 1 atom stereocenters. The molecule has 1 unspecified atom stereocenters. The third kappa shape index (κ3) is 4.56. The van der Waals surface area contributed by atoms with Gasteiger partial charge in [0.05, 0.1) is 0 Å². The maximum absolute atomic E-state index is 11.2. The summed E-state index contributed by atoms with van der Waals surface area (Å²) in [5.41, 5.74) is 1.06. The van der Waals surface area contributed by atoms with Gasteiger partial charge in [0.15, 0.2) is 0 Å². The average Bonchev–Trinajstić information content (AvgIpc) is 2.62. The van der Waals surface area contributed by atoms with Crippen LogP contribution >= 0.6 is 0 Å². The summed E-state index contributed by atoms with van der Waals surface area (Å²) in [7, 11) is 0. The van der Waals surface area contributed by atoms with E-state index in [1.165, 1.54) is 0 Å². The topological polar surface area (TPSA) is 32.3 Å². The van der Waals surface area contributed by atoms with Gasteiger partial charge in [-0.3, -0.25) is 0 Å². The first-order chi connectivity index (χ1) is 10.6. The van der Waals surface area contributed by atoms with Gasteiger partial charge in [0.25, 0.3) is 0 Å². The molecule has 22 heavy (non-hydrogen) atoms. The van der Waals surface area contributed by atoms with E-state index < -0.39 is 5.60 Å². The van der Waals surface area contributed by atoms with Crippen molar-refractivity contribution in [2.75, 3.05) is 13.1 Å². The van der Waals surface area contributed by atoms with Gasteiger partial charge in [-0.2, -0.15) is 0 Å². The molecule has 0 amide bonds. The fourth-order valence-corrected chi connectivity index (χ4v) is 2.93. The molecule has 0 bridgehead atoms. The van der Waals surface area contributed by atoms with Crippen LogP contribution in [0.15, 0.2) is 54.6 Å². The Balaban J connectivity index is 0.000000541. The van der Waals surface area contributed by atoms with Crippen LogP contribution in [0.4, 0.5) is 0 Å². The predicted molar refractivity (Wildman–Crippen MR) is 95.9 cm³/mol. The minimum Gasteiger partial charge on any atom is -0.380 e. The van der Waals surface area contributed by atoms with Crippen molar-refractivity contribution in [3.63, 3.8) is 0 Å². The second-order valence-corrected chi connectivity index (χ2v) is 5.78. The lowest BCUT2D eigenvalue weighted by Crippen LogP contribution is -2.42. The Hall–Kier alpha value is -1.38. The van der Waals surface area contributed by atoms with Gasteiger partial charge in [-0.25, -0.2) is 0 Å². The smallest absolute Gasteiger partial charge is 0.113 e. The van der Waals surface area contributed by atoms with E-state index in [1.807, 2.05) is 56.3 Å². The molecule has 0 radical (unpaired) electrons. The second-order valence-electron chi connectivity index (χ2n) is 5.78. The Morgan fingerprint density at radius 2 is 1.77 bits per heavy atom. The summed E-state index contributed by atoms with van der Waals surface area (Å²) in [6.07, 6.45) is 6.82. The fourth-order valence-electron chi connectivity index (χ4n) is 2.93. The Morgan fingerprint density at radius 3 is 2.23 bits per heavy atom. The van der Waals surface area contributed by atoms with Gasteiger partial charge in [-0.15, -0.1) is 0 Å². The van der Waals surface area contributed by atoms with Gasteiger partial charge in [-0.05, 0) is 63.3 Å². The van der Waals surface area contributed by atoms with Crippen molar-refractivity contribution in [2.24, 2.45) is 5.92 Å². The van der Waals surface area contributed by atoms with Crippen molar-refractivity contribution in [3.05, 3.63) is 60.2 Å². The van der Waals surface area contributed by atoms with E-state index in [4.69, 9.17) is 0 Å². The molecule has 122 valence electrons. The van der Waals surface area contributed by atoms with E-state index in [1.54, 1.807) is 0 Å². The van der Waals surface area contributed by atoms with Gasteiger partial charge in [0, 0.05) is 0 Å². The first-order valence-corrected chi connectivity index (χ1v) is 8.35. The molecule has 0 spiro atoms. The highest BCUT2D eigenvalue weighted by Crippen LogP contribution is 2.41. The summed E-state index contributed by atoms with van der Waals surface area (Å²) in [5, 5.41) is 14.6. The molecule has 2 nitrogen and oxygen atoms in total. The van der Waals surface area contributed by atoms with E-state index in [-0.39, 0.29) is 5.92 Å². The van der Waals surface area contributed by atoms with Crippen LogP contribution in [0.2, 0.25) is 0 Å². The minimum atomic E-state index is -0.863. The summed E-state index contributed by atoms with van der Waals surface area (Å²) in [6.45, 7) is 12.2. The third-order valence-corrected chi connectivity index (χ3v) is 4.44. The van der Waals surface area contributed by atoms with Gasteiger partial charge >= 0.3 is 0 Å². The summed E-state index contributed by atoms with van der Waals surface area (Å²) in [5.74, 6) is 0.272. The molecule has 1 saturated heterocycles. The number of aliphatic hydroxyl groups is 1. The molecule has 0 aliphatic carbocycles. The molecule has 1 aromatic carbocycles. The van der Waals surface area contributed by atoms with Crippen molar-refractivity contribution in [1.82, 2.24) is 5.32 Å². The standard InChI is InChI=1S/C16H23NO.C4H8/c1-3-13(2)16(18,14-7-5-4-6-8-14)15-9-11-17-12-10-15;1-3-4-2/h4-8,15,17-18H,2-3,9-12H2,1H3;3-4H,1-2H3/b;4-3-. The molecule has 1 aliphatic rings. The lowest BCUT2D eigenvalue weighted by atomic mass is 9.71. The van der Waals surface area contributed by atoms with Gasteiger partial charge < -0.3 is 10.4 Å². The maximum Gasteiger partial charge on any atom is 0.113 e. The largest absolute Gasteiger partial charge is 0.380 e. The number of piperidine rings is 1. The molecule has 1 aromatic rings. The van der Waals surface area contributed by atoms with Crippen LogP contribution in [0.25, 0.3) is 0 Å². The van der Waals surface area contributed by atoms with Gasteiger partial charge in [-0.1, -0.05) is 56.0 Å². The highest BCUT2D eigenvalue weighted by atomic mass is 16.3. The van der Waals surface area contributed by atoms with E-state index in [2.05, 4.69) is 18.8 Å². The normalized spacial score (nSPS) is 18.4. The van der Waals surface area contributed by atoms with Crippen molar-refractivity contribution in [2.45, 2.75) is 45.6 Å². The molecule has 2 heteroatoms. The quantitative estimate of drug-likeness (QED) is 0.807. The van der Waals surface area contributed by atoms with E-state index in [0.29, 0.717) is 0 Å². The fraction of sp³-hybridized carbons (Fsp3) is 0.500. The van der Waals surface area contributed by atoms with Crippen molar-refractivity contribution < 1.29 is 5.11 Å². The Morgan fingerprint density at radius 1 is 1.23 bits per heavy atom. The molecule has 1 aliphatic heterocycles. The molecular formula is C20H31NO. The summed E-state index contributed by atoms with van der Waals surface area (Å²) in [4.78, 5) is 0.